The molecule has 0 aliphatic rings. The van der Waals surface area contributed by atoms with Crippen molar-refractivity contribution in [3.8, 4) is 0 Å². The van der Waals surface area contributed by atoms with E-state index < -0.39 is 0 Å². The summed E-state index contributed by atoms with van der Waals surface area (Å²) < 4.78 is 0. The summed E-state index contributed by atoms with van der Waals surface area (Å²) in [6.07, 6.45) is 7.91. The number of hydrogen-bond donors (Lipinski definition) is 0. The zero-order valence-corrected chi connectivity index (χ0v) is 13.3. The van der Waals surface area contributed by atoms with Gasteiger partial charge in [0.15, 0.2) is 0 Å². The molecule has 0 aromatic carbocycles. The number of rotatable bonds is 10. The number of carbonyl (C=O) groups excluding carboxylic acids is 1. The van der Waals surface area contributed by atoms with Gasteiger partial charge in [-0.05, 0) is 25.7 Å². The van der Waals surface area contributed by atoms with Crippen LogP contribution in [0.25, 0.3) is 0 Å². The van der Waals surface area contributed by atoms with Crippen molar-refractivity contribution in [2.45, 2.75) is 58.8 Å². The molecule has 0 aliphatic carbocycles. The first kappa shape index (κ1) is 16.9. The second kappa shape index (κ2) is 11.1. The van der Waals surface area contributed by atoms with Crippen molar-refractivity contribution < 1.29 is 4.79 Å². The quantitative estimate of drug-likeness (QED) is 0.437. The smallest absolute Gasteiger partial charge is 0.225 e. The first-order valence-corrected chi connectivity index (χ1v) is 8.10. The Bertz CT molecular complexity index is 197. The van der Waals surface area contributed by atoms with Crippen molar-refractivity contribution in [1.82, 2.24) is 4.90 Å². The predicted molar refractivity (Wildman–Crippen MR) is 78.6 cm³/mol. The maximum absolute atomic E-state index is 12.2. The summed E-state index contributed by atoms with van der Waals surface area (Å²) in [5, 5.41) is 1.07. The van der Waals surface area contributed by atoms with E-state index in [0.717, 1.165) is 31.1 Å². The van der Waals surface area contributed by atoms with Crippen LogP contribution in [0.15, 0.2) is 0 Å². The molecule has 0 saturated heterocycles. The molecule has 0 spiro atoms. The minimum Gasteiger partial charge on any atom is -0.346 e. The number of carbonyl (C=O) groups is 1. The van der Waals surface area contributed by atoms with Crippen LogP contribution in [-0.2, 0) is 4.79 Å². The van der Waals surface area contributed by atoms with Gasteiger partial charge in [0.05, 0.1) is 0 Å². The lowest BCUT2D eigenvalue weighted by Gasteiger charge is -2.23. The van der Waals surface area contributed by atoms with E-state index in [-0.39, 0.29) is 5.92 Å². The van der Waals surface area contributed by atoms with Gasteiger partial charge >= 0.3 is 0 Å². The number of amides is 1. The van der Waals surface area contributed by atoms with Crippen LogP contribution in [0.2, 0.25) is 0 Å². The van der Waals surface area contributed by atoms with Crippen molar-refractivity contribution in [1.29, 1.82) is 0 Å². The SMILES string of the molecule is CCCCC(CC)C(=O)N(C)CCCCCBr. The monoisotopic (exact) mass is 305 g/mol. The van der Waals surface area contributed by atoms with Crippen LogP contribution in [-0.4, -0.2) is 29.7 Å². The molecular formula is C14H28BrNO. The van der Waals surface area contributed by atoms with Crippen molar-refractivity contribution in [3.05, 3.63) is 0 Å². The second-order valence-corrected chi connectivity index (χ2v) is 5.55. The molecule has 102 valence electrons. The second-order valence-electron chi connectivity index (χ2n) is 4.76. The average molecular weight is 306 g/mol. The lowest BCUT2D eigenvalue weighted by atomic mass is 9.98. The highest BCUT2D eigenvalue weighted by Crippen LogP contribution is 2.15. The fraction of sp³-hybridized carbons (Fsp3) is 0.929. The van der Waals surface area contributed by atoms with Gasteiger partial charge in [0.1, 0.15) is 0 Å². The standard InChI is InChI=1S/C14H28BrNO/c1-4-6-10-13(5-2)14(17)16(3)12-9-7-8-11-15/h13H,4-12H2,1-3H3. The molecule has 1 amide bonds. The average Bonchev–Trinajstić information content (AvgIpc) is 2.35. The highest BCUT2D eigenvalue weighted by atomic mass is 79.9. The summed E-state index contributed by atoms with van der Waals surface area (Å²) >= 11 is 3.43. The molecule has 2 nitrogen and oxygen atoms in total. The Morgan fingerprint density at radius 2 is 1.88 bits per heavy atom. The molecule has 0 fully saturated rings. The minimum atomic E-state index is 0.246. The van der Waals surface area contributed by atoms with Crippen LogP contribution < -0.4 is 0 Å². The van der Waals surface area contributed by atoms with Gasteiger partial charge in [-0.3, -0.25) is 4.79 Å². The highest BCUT2D eigenvalue weighted by Gasteiger charge is 2.19. The summed E-state index contributed by atoms with van der Waals surface area (Å²) in [5.41, 5.74) is 0. The Labute approximate surface area is 115 Å². The van der Waals surface area contributed by atoms with Crippen LogP contribution in [0.3, 0.4) is 0 Å². The van der Waals surface area contributed by atoms with Gasteiger partial charge < -0.3 is 4.90 Å². The molecule has 3 heteroatoms. The van der Waals surface area contributed by atoms with Crippen LogP contribution >= 0.6 is 15.9 Å². The van der Waals surface area contributed by atoms with E-state index in [1.165, 1.54) is 25.7 Å². The third-order valence-electron chi connectivity index (χ3n) is 3.25. The van der Waals surface area contributed by atoms with Gasteiger partial charge in [-0.2, -0.15) is 0 Å². The van der Waals surface area contributed by atoms with Crippen molar-refractivity contribution in [3.63, 3.8) is 0 Å². The third-order valence-corrected chi connectivity index (χ3v) is 3.81. The van der Waals surface area contributed by atoms with Crippen molar-refractivity contribution >= 4 is 21.8 Å². The normalized spacial score (nSPS) is 12.5. The van der Waals surface area contributed by atoms with E-state index >= 15 is 0 Å². The molecule has 0 radical (unpaired) electrons. The number of unbranched alkanes of at least 4 members (excludes halogenated alkanes) is 3. The van der Waals surface area contributed by atoms with Crippen molar-refractivity contribution in [2.24, 2.45) is 5.92 Å². The van der Waals surface area contributed by atoms with Gasteiger partial charge in [-0.25, -0.2) is 0 Å². The molecular weight excluding hydrogens is 278 g/mol. The summed E-state index contributed by atoms with van der Waals surface area (Å²) in [6, 6.07) is 0. The third kappa shape index (κ3) is 7.80. The van der Waals surface area contributed by atoms with Crippen LogP contribution in [0.1, 0.15) is 58.8 Å². The number of hydrogen-bond acceptors (Lipinski definition) is 1. The molecule has 0 heterocycles. The van der Waals surface area contributed by atoms with E-state index in [4.69, 9.17) is 0 Å². The van der Waals surface area contributed by atoms with Gasteiger partial charge in [0.2, 0.25) is 5.91 Å². The van der Waals surface area contributed by atoms with Gasteiger partial charge in [-0.15, -0.1) is 0 Å². The fourth-order valence-corrected chi connectivity index (χ4v) is 2.39. The lowest BCUT2D eigenvalue weighted by molar-refractivity contribution is -0.134. The number of alkyl halides is 1. The Morgan fingerprint density at radius 1 is 1.18 bits per heavy atom. The van der Waals surface area contributed by atoms with Gasteiger partial charge in [0, 0.05) is 24.8 Å². The maximum Gasteiger partial charge on any atom is 0.225 e. The fourth-order valence-electron chi connectivity index (χ4n) is 1.99. The summed E-state index contributed by atoms with van der Waals surface area (Å²) in [7, 11) is 1.95. The largest absolute Gasteiger partial charge is 0.346 e. The van der Waals surface area contributed by atoms with Gasteiger partial charge in [-0.1, -0.05) is 49.0 Å². The van der Waals surface area contributed by atoms with Gasteiger partial charge in [0.25, 0.3) is 0 Å². The molecule has 0 aliphatic heterocycles. The first-order chi connectivity index (χ1) is 8.17. The summed E-state index contributed by atoms with van der Waals surface area (Å²) in [5.74, 6) is 0.593. The maximum atomic E-state index is 12.2. The topological polar surface area (TPSA) is 20.3 Å². The van der Waals surface area contributed by atoms with E-state index in [2.05, 4.69) is 29.8 Å². The molecule has 1 atom stereocenters. The van der Waals surface area contributed by atoms with Crippen LogP contribution in [0.4, 0.5) is 0 Å². The first-order valence-electron chi connectivity index (χ1n) is 6.98. The van der Waals surface area contributed by atoms with Crippen molar-refractivity contribution in [2.75, 3.05) is 18.9 Å². The van der Waals surface area contributed by atoms with Crippen LogP contribution in [0, 0.1) is 5.92 Å². The van der Waals surface area contributed by atoms with E-state index in [0.29, 0.717) is 5.91 Å². The van der Waals surface area contributed by atoms with Crippen LogP contribution in [0.5, 0.6) is 0 Å². The zero-order chi connectivity index (χ0) is 13.1. The highest BCUT2D eigenvalue weighted by molar-refractivity contribution is 9.09. The van der Waals surface area contributed by atoms with E-state index in [1.54, 1.807) is 0 Å². The number of nitrogens with zero attached hydrogens (tertiary/aromatic N) is 1. The molecule has 0 aromatic rings. The predicted octanol–water partition coefficient (Wildman–Crippen LogP) is 4.23. The Hall–Kier alpha value is -0.0500. The summed E-state index contributed by atoms with van der Waals surface area (Å²) in [6.45, 7) is 5.21. The zero-order valence-electron chi connectivity index (χ0n) is 11.7. The minimum absolute atomic E-state index is 0.246. The molecule has 17 heavy (non-hydrogen) atoms. The lowest BCUT2D eigenvalue weighted by Crippen LogP contribution is -2.33. The molecule has 1 unspecified atom stereocenters. The Kier molecular flexibility index (Phi) is 11.0. The Morgan fingerprint density at radius 3 is 2.41 bits per heavy atom. The molecule has 0 bridgehead atoms. The molecule has 0 aromatic heterocycles. The molecule has 0 saturated carbocycles. The molecule has 0 rings (SSSR count). The van der Waals surface area contributed by atoms with E-state index in [1.807, 2.05) is 11.9 Å². The van der Waals surface area contributed by atoms with E-state index in [9.17, 15) is 4.79 Å². The summed E-state index contributed by atoms with van der Waals surface area (Å²) in [4.78, 5) is 14.1. The number of halogens is 1. The Balaban J connectivity index is 3.90. The molecule has 0 N–H and O–H groups in total.